The van der Waals surface area contributed by atoms with Crippen LogP contribution in [0.4, 0.5) is 11.4 Å². The number of nitrogens with two attached hydrogens (primary N) is 2. The van der Waals surface area contributed by atoms with Gasteiger partial charge in [0.1, 0.15) is 0 Å². The first-order chi connectivity index (χ1) is 9.59. The molecule has 4 nitrogen and oxygen atoms in total. The van der Waals surface area contributed by atoms with Crippen LogP contribution in [0, 0.1) is 0 Å². The summed E-state index contributed by atoms with van der Waals surface area (Å²) < 4.78 is 0. The molecule has 0 aliphatic heterocycles. The zero-order valence-electron chi connectivity index (χ0n) is 11.5. The lowest BCUT2D eigenvalue weighted by Gasteiger charge is -2.23. The molecular formula is C16H19N3O. The molecule has 0 radical (unpaired) electrons. The number of likely N-dealkylation sites (N-methyl/N-ethyl adjacent to an activating group) is 1. The van der Waals surface area contributed by atoms with Crippen molar-refractivity contribution in [1.29, 1.82) is 0 Å². The van der Waals surface area contributed by atoms with Crippen LogP contribution in [0.25, 0.3) is 0 Å². The van der Waals surface area contributed by atoms with Gasteiger partial charge in [-0.1, -0.05) is 36.4 Å². The van der Waals surface area contributed by atoms with E-state index < -0.39 is 5.91 Å². The standard InChI is InChI=1S/C16H19N3O/c1-19(11-10-12-6-3-2-4-7-12)15-13(16(18)20)8-5-9-14(15)17/h2-9H,10-11,17H2,1H3,(H2,18,20). The van der Waals surface area contributed by atoms with Gasteiger partial charge in [-0.2, -0.15) is 0 Å². The number of nitrogen functional groups attached to an aromatic ring is 1. The monoisotopic (exact) mass is 269 g/mol. The number of carbonyl (C=O) groups is 1. The Labute approximate surface area is 119 Å². The average Bonchev–Trinajstić information content (AvgIpc) is 2.45. The van der Waals surface area contributed by atoms with Crippen LogP contribution in [0.2, 0.25) is 0 Å². The summed E-state index contributed by atoms with van der Waals surface area (Å²) in [5.74, 6) is -0.459. The maximum absolute atomic E-state index is 11.5. The summed E-state index contributed by atoms with van der Waals surface area (Å²) in [6, 6.07) is 15.4. The van der Waals surface area contributed by atoms with Crippen LogP contribution in [0.1, 0.15) is 15.9 Å². The van der Waals surface area contributed by atoms with Crippen LogP contribution < -0.4 is 16.4 Å². The van der Waals surface area contributed by atoms with E-state index in [2.05, 4.69) is 12.1 Å². The van der Waals surface area contributed by atoms with Gasteiger partial charge < -0.3 is 16.4 Å². The van der Waals surface area contributed by atoms with E-state index in [4.69, 9.17) is 11.5 Å². The molecule has 20 heavy (non-hydrogen) atoms. The first kappa shape index (κ1) is 13.9. The Kier molecular flexibility index (Phi) is 4.25. The van der Waals surface area contributed by atoms with Gasteiger partial charge in [-0.3, -0.25) is 4.79 Å². The molecule has 4 N–H and O–H groups in total. The minimum atomic E-state index is -0.459. The van der Waals surface area contributed by atoms with Crippen molar-refractivity contribution in [3.63, 3.8) is 0 Å². The lowest BCUT2D eigenvalue weighted by molar-refractivity contribution is 0.100. The summed E-state index contributed by atoms with van der Waals surface area (Å²) in [7, 11) is 1.92. The van der Waals surface area contributed by atoms with E-state index in [9.17, 15) is 4.79 Å². The second-order valence-corrected chi connectivity index (χ2v) is 4.76. The molecule has 1 amide bonds. The number of carbonyl (C=O) groups excluding carboxylic acids is 1. The molecule has 2 aromatic rings. The lowest BCUT2D eigenvalue weighted by Crippen LogP contribution is -2.25. The number of anilines is 2. The predicted molar refractivity (Wildman–Crippen MR) is 82.8 cm³/mol. The van der Waals surface area contributed by atoms with Crippen molar-refractivity contribution >= 4 is 17.3 Å². The number of rotatable bonds is 5. The highest BCUT2D eigenvalue weighted by atomic mass is 16.1. The molecule has 0 bridgehead atoms. The van der Waals surface area contributed by atoms with E-state index in [0.29, 0.717) is 16.9 Å². The maximum Gasteiger partial charge on any atom is 0.250 e. The van der Waals surface area contributed by atoms with E-state index in [-0.39, 0.29) is 0 Å². The fraction of sp³-hybridized carbons (Fsp3) is 0.188. The Morgan fingerprint density at radius 2 is 1.80 bits per heavy atom. The van der Waals surface area contributed by atoms with Crippen molar-refractivity contribution in [3.8, 4) is 0 Å². The SMILES string of the molecule is CN(CCc1ccccc1)c1c(N)cccc1C(N)=O. The van der Waals surface area contributed by atoms with Gasteiger partial charge in [0.15, 0.2) is 0 Å². The first-order valence-electron chi connectivity index (χ1n) is 6.53. The molecule has 0 fully saturated rings. The van der Waals surface area contributed by atoms with E-state index in [1.165, 1.54) is 5.56 Å². The molecule has 0 aromatic heterocycles. The van der Waals surface area contributed by atoms with Gasteiger partial charge in [0.25, 0.3) is 5.91 Å². The number of benzene rings is 2. The number of para-hydroxylation sites is 1. The van der Waals surface area contributed by atoms with Crippen molar-refractivity contribution in [3.05, 3.63) is 59.7 Å². The highest BCUT2D eigenvalue weighted by molar-refractivity contribution is 6.01. The molecule has 0 saturated carbocycles. The van der Waals surface area contributed by atoms with Crippen LogP contribution in [0.3, 0.4) is 0 Å². The summed E-state index contributed by atoms with van der Waals surface area (Å²) in [5, 5.41) is 0. The highest BCUT2D eigenvalue weighted by Crippen LogP contribution is 2.26. The first-order valence-corrected chi connectivity index (χ1v) is 6.53. The normalized spacial score (nSPS) is 10.2. The third-order valence-electron chi connectivity index (χ3n) is 3.29. The van der Waals surface area contributed by atoms with Crippen molar-refractivity contribution in [2.24, 2.45) is 5.73 Å². The Bertz CT molecular complexity index is 596. The van der Waals surface area contributed by atoms with Crippen molar-refractivity contribution in [1.82, 2.24) is 0 Å². The topological polar surface area (TPSA) is 72.3 Å². The molecule has 0 aliphatic carbocycles. The Morgan fingerprint density at radius 3 is 2.45 bits per heavy atom. The van der Waals surface area contributed by atoms with E-state index in [0.717, 1.165) is 13.0 Å². The van der Waals surface area contributed by atoms with Gasteiger partial charge in [-0.25, -0.2) is 0 Å². The molecule has 4 heteroatoms. The highest BCUT2D eigenvalue weighted by Gasteiger charge is 2.14. The average molecular weight is 269 g/mol. The van der Waals surface area contributed by atoms with E-state index in [1.807, 2.05) is 30.1 Å². The van der Waals surface area contributed by atoms with Crippen LogP contribution in [-0.4, -0.2) is 19.5 Å². The van der Waals surface area contributed by atoms with Gasteiger partial charge in [0, 0.05) is 13.6 Å². The smallest absolute Gasteiger partial charge is 0.250 e. The molecular weight excluding hydrogens is 250 g/mol. The summed E-state index contributed by atoms with van der Waals surface area (Å²) >= 11 is 0. The Balaban J connectivity index is 2.17. The van der Waals surface area contributed by atoms with Gasteiger partial charge in [-0.05, 0) is 24.1 Å². The number of amides is 1. The van der Waals surface area contributed by atoms with Crippen molar-refractivity contribution in [2.75, 3.05) is 24.2 Å². The summed E-state index contributed by atoms with van der Waals surface area (Å²) in [4.78, 5) is 13.5. The van der Waals surface area contributed by atoms with E-state index in [1.54, 1.807) is 18.2 Å². The molecule has 0 aliphatic rings. The quantitative estimate of drug-likeness (QED) is 0.816. The number of primary amides is 1. The zero-order valence-corrected chi connectivity index (χ0v) is 11.5. The molecule has 0 saturated heterocycles. The minimum absolute atomic E-state index is 0.459. The second kappa shape index (κ2) is 6.10. The Hall–Kier alpha value is -2.49. The van der Waals surface area contributed by atoms with Crippen LogP contribution in [0.5, 0.6) is 0 Å². The second-order valence-electron chi connectivity index (χ2n) is 4.76. The molecule has 2 aromatic carbocycles. The zero-order chi connectivity index (χ0) is 14.5. The van der Waals surface area contributed by atoms with Gasteiger partial charge in [-0.15, -0.1) is 0 Å². The van der Waals surface area contributed by atoms with Gasteiger partial charge in [0.2, 0.25) is 0 Å². The molecule has 2 rings (SSSR count). The minimum Gasteiger partial charge on any atom is -0.397 e. The molecule has 0 unspecified atom stereocenters. The van der Waals surface area contributed by atoms with Crippen molar-refractivity contribution in [2.45, 2.75) is 6.42 Å². The lowest BCUT2D eigenvalue weighted by atomic mass is 10.1. The summed E-state index contributed by atoms with van der Waals surface area (Å²) in [6.07, 6.45) is 0.879. The van der Waals surface area contributed by atoms with Gasteiger partial charge in [0.05, 0.1) is 16.9 Å². The molecule has 0 heterocycles. The van der Waals surface area contributed by atoms with E-state index >= 15 is 0 Å². The maximum atomic E-state index is 11.5. The van der Waals surface area contributed by atoms with Crippen LogP contribution in [0.15, 0.2) is 48.5 Å². The third-order valence-corrected chi connectivity index (χ3v) is 3.29. The third kappa shape index (κ3) is 3.09. The number of hydrogen-bond donors (Lipinski definition) is 2. The fourth-order valence-corrected chi connectivity index (χ4v) is 2.24. The van der Waals surface area contributed by atoms with Crippen molar-refractivity contribution < 1.29 is 4.79 Å². The fourth-order valence-electron chi connectivity index (χ4n) is 2.24. The number of nitrogens with zero attached hydrogens (tertiary/aromatic N) is 1. The Morgan fingerprint density at radius 1 is 1.10 bits per heavy atom. The molecule has 104 valence electrons. The predicted octanol–water partition coefficient (Wildman–Crippen LogP) is 2.05. The van der Waals surface area contributed by atoms with Gasteiger partial charge >= 0.3 is 0 Å². The molecule has 0 spiro atoms. The van der Waals surface area contributed by atoms with Crippen LogP contribution in [-0.2, 0) is 6.42 Å². The summed E-state index contributed by atoms with van der Waals surface area (Å²) in [6.45, 7) is 0.762. The number of hydrogen-bond acceptors (Lipinski definition) is 3. The van der Waals surface area contributed by atoms with Crippen LogP contribution >= 0.6 is 0 Å². The largest absolute Gasteiger partial charge is 0.397 e. The summed E-state index contributed by atoms with van der Waals surface area (Å²) in [5.41, 5.74) is 14.4. The molecule has 0 atom stereocenters.